The fraction of sp³-hybridized carbons (Fsp3) is 0.176. The number of ether oxygens (including phenoxy) is 1. The Morgan fingerprint density at radius 2 is 1.92 bits per heavy atom. The number of rotatable bonds is 7. The summed E-state index contributed by atoms with van der Waals surface area (Å²) < 4.78 is 7.42. The van der Waals surface area contributed by atoms with Crippen molar-refractivity contribution >= 4 is 17.5 Å². The predicted octanol–water partition coefficient (Wildman–Crippen LogP) is 3.03. The lowest BCUT2D eigenvalue weighted by molar-refractivity contribution is 0.319. The zero-order chi connectivity index (χ0) is 17.5. The molecule has 0 saturated heterocycles. The van der Waals surface area contributed by atoms with Crippen LogP contribution in [0.1, 0.15) is 12.5 Å². The van der Waals surface area contributed by atoms with Crippen molar-refractivity contribution in [2.24, 2.45) is 5.16 Å². The fourth-order valence-electron chi connectivity index (χ4n) is 2.14. The Kier molecular flexibility index (Phi) is 5.63. The third kappa shape index (κ3) is 4.36. The van der Waals surface area contributed by atoms with E-state index in [0.29, 0.717) is 18.1 Å². The standard InChI is InChI=1S/C17H17N5O2S/c1-13(19-23)14-7-9-16(10-8-14)24-11-12-25-17-18-20-21-22(17)15-5-3-2-4-6-15/h2-10,23H,11-12H2,1H3/b19-13+. The van der Waals surface area contributed by atoms with Crippen LogP contribution in [0.4, 0.5) is 0 Å². The molecule has 1 heterocycles. The summed E-state index contributed by atoms with van der Waals surface area (Å²) >= 11 is 1.53. The molecular weight excluding hydrogens is 338 g/mol. The molecule has 128 valence electrons. The molecule has 1 N–H and O–H groups in total. The monoisotopic (exact) mass is 355 g/mol. The number of hydrogen-bond acceptors (Lipinski definition) is 7. The minimum Gasteiger partial charge on any atom is -0.493 e. The van der Waals surface area contributed by atoms with E-state index in [2.05, 4.69) is 20.7 Å². The van der Waals surface area contributed by atoms with Gasteiger partial charge in [0.15, 0.2) is 0 Å². The highest BCUT2D eigenvalue weighted by Crippen LogP contribution is 2.18. The molecule has 3 aromatic rings. The molecule has 0 amide bonds. The van der Waals surface area contributed by atoms with Crippen LogP contribution in [0.5, 0.6) is 5.75 Å². The first kappa shape index (κ1) is 17.0. The highest BCUT2D eigenvalue weighted by molar-refractivity contribution is 7.99. The van der Waals surface area contributed by atoms with E-state index in [1.807, 2.05) is 54.6 Å². The molecule has 0 aliphatic heterocycles. The van der Waals surface area contributed by atoms with Gasteiger partial charge in [0.05, 0.1) is 18.0 Å². The van der Waals surface area contributed by atoms with E-state index in [1.54, 1.807) is 11.6 Å². The molecule has 3 rings (SSSR count). The highest BCUT2D eigenvalue weighted by atomic mass is 32.2. The highest BCUT2D eigenvalue weighted by Gasteiger charge is 2.08. The van der Waals surface area contributed by atoms with Crippen LogP contribution in [0.3, 0.4) is 0 Å². The summed E-state index contributed by atoms with van der Waals surface area (Å²) in [5.41, 5.74) is 2.34. The van der Waals surface area contributed by atoms with E-state index in [1.165, 1.54) is 11.8 Å². The molecule has 8 heteroatoms. The normalized spacial score (nSPS) is 11.5. The summed E-state index contributed by atoms with van der Waals surface area (Å²) in [7, 11) is 0. The Labute approximate surface area is 149 Å². The first-order chi connectivity index (χ1) is 12.3. The molecule has 0 atom stereocenters. The Morgan fingerprint density at radius 1 is 1.16 bits per heavy atom. The number of oxime groups is 1. The Morgan fingerprint density at radius 3 is 2.64 bits per heavy atom. The van der Waals surface area contributed by atoms with Gasteiger partial charge in [-0.05, 0) is 59.3 Å². The molecule has 0 spiro atoms. The van der Waals surface area contributed by atoms with Crippen molar-refractivity contribution in [1.29, 1.82) is 0 Å². The number of aromatic nitrogens is 4. The second kappa shape index (κ2) is 8.29. The maximum atomic E-state index is 8.76. The summed E-state index contributed by atoms with van der Waals surface area (Å²) in [5.74, 6) is 1.48. The lowest BCUT2D eigenvalue weighted by Gasteiger charge is -2.07. The van der Waals surface area contributed by atoms with Gasteiger partial charge in [-0.1, -0.05) is 35.1 Å². The van der Waals surface area contributed by atoms with Crippen LogP contribution in [0, 0.1) is 0 Å². The molecule has 0 unspecified atom stereocenters. The number of hydrogen-bond donors (Lipinski definition) is 1. The summed E-state index contributed by atoms with van der Waals surface area (Å²) in [6.07, 6.45) is 0. The number of thioether (sulfide) groups is 1. The first-order valence-electron chi connectivity index (χ1n) is 7.66. The summed E-state index contributed by atoms with van der Waals surface area (Å²) in [5, 5.41) is 24.5. The van der Waals surface area contributed by atoms with Crippen molar-refractivity contribution in [3.05, 3.63) is 60.2 Å². The van der Waals surface area contributed by atoms with Gasteiger partial charge in [-0.2, -0.15) is 4.68 Å². The van der Waals surface area contributed by atoms with E-state index in [-0.39, 0.29) is 0 Å². The Hall–Kier alpha value is -2.87. The van der Waals surface area contributed by atoms with Gasteiger partial charge in [0.2, 0.25) is 5.16 Å². The second-order valence-corrected chi connectivity index (χ2v) is 6.18. The van der Waals surface area contributed by atoms with Crippen molar-refractivity contribution in [3.63, 3.8) is 0 Å². The molecule has 1 aromatic heterocycles. The van der Waals surface area contributed by atoms with Crippen LogP contribution in [0.2, 0.25) is 0 Å². The molecule has 0 aliphatic carbocycles. The van der Waals surface area contributed by atoms with E-state index in [9.17, 15) is 0 Å². The number of benzene rings is 2. The van der Waals surface area contributed by atoms with Gasteiger partial charge >= 0.3 is 0 Å². The van der Waals surface area contributed by atoms with Crippen LogP contribution < -0.4 is 4.74 Å². The van der Waals surface area contributed by atoms with Gasteiger partial charge in [0, 0.05) is 5.75 Å². The number of tetrazole rings is 1. The first-order valence-corrected chi connectivity index (χ1v) is 8.65. The average Bonchev–Trinajstić information content (AvgIpc) is 3.14. The molecule has 2 aromatic carbocycles. The average molecular weight is 355 g/mol. The van der Waals surface area contributed by atoms with Crippen LogP contribution >= 0.6 is 11.8 Å². The topological polar surface area (TPSA) is 85.4 Å². The predicted molar refractivity (Wildman–Crippen MR) is 95.8 cm³/mol. The Bertz CT molecular complexity index is 834. The maximum Gasteiger partial charge on any atom is 0.214 e. The van der Waals surface area contributed by atoms with Gasteiger partial charge in [-0.25, -0.2) is 0 Å². The van der Waals surface area contributed by atoms with E-state index >= 15 is 0 Å². The van der Waals surface area contributed by atoms with Crippen molar-refractivity contribution in [1.82, 2.24) is 20.2 Å². The van der Waals surface area contributed by atoms with Gasteiger partial charge in [0.25, 0.3) is 0 Å². The van der Waals surface area contributed by atoms with Crippen LogP contribution in [-0.2, 0) is 0 Å². The van der Waals surface area contributed by atoms with Crippen LogP contribution in [-0.4, -0.2) is 43.5 Å². The zero-order valence-corrected chi connectivity index (χ0v) is 14.4. The van der Waals surface area contributed by atoms with Gasteiger partial charge < -0.3 is 9.94 Å². The molecule has 0 bridgehead atoms. The van der Waals surface area contributed by atoms with Crippen molar-refractivity contribution < 1.29 is 9.94 Å². The smallest absolute Gasteiger partial charge is 0.214 e. The van der Waals surface area contributed by atoms with E-state index < -0.39 is 0 Å². The number of nitrogens with zero attached hydrogens (tertiary/aromatic N) is 5. The molecule has 0 fully saturated rings. The summed E-state index contributed by atoms with van der Waals surface area (Å²) in [6, 6.07) is 17.2. The maximum absolute atomic E-state index is 8.76. The van der Waals surface area contributed by atoms with Crippen molar-refractivity contribution in [2.45, 2.75) is 12.1 Å². The third-order valence-electron chi connectivity index (χ3n) is 3.45. The van der Waals surface area contributed by atoms with Gasteiger partial charge in [0.1, 0.15) is 5.75 Å². The van der Waals surface area contributed by atoms with Gasteiger partial charge in [-0.3, -0.25) is 0 Å². The SMILES string of the molecule is C/C(=N\O)c1ccc(OCCSc2nnnn2-c2ccccc2)cc1. The molecule has 7 nitrogen and oxygen atoms in total. The molecule has 0 radical (unpaired) electrons. The minimum atomic E-state index is 0.527. The number of para-hydroxylation sites is 1. The molecule has 25 heavy (non-hydrogen) atoms. The lowest BCUT2D eigenvalue weighted by Crippen LogP contribution is -2.03. The second-order valence-electron chi connectivity index (χ2n) is 5.12. The minimum absolute atomic E-state index is 0.527. The lowest BCUT2D eigenvalue weighted by atomic mass is 10.1. The van der Waals surface area contributed by atoms with Crippen LogP contribution in [0.25, 0.3) is 5.69 Å². The van der Waals surface area contributed by atoms with E-state index in [0.717, 1.165) is 22.2 Å². The Balaban J connectivity index is 1.52. The van der Waals surface area contributed by atoms with Crippen LogP contribution in [0.15, 0.2) is 64.9 Å². The zero-order valence-electron chi connectivity index (χ0n) is 13.6. The van der Waals surface area contributed by atoms with Crippen molar-refractivity contribution in [2.75, 3.05) is 12.4 Å². The fourth-order valence-corrected chi connectivity index (χ4v) is 2.85. The quantitative estimate of drug-likeness (QED) is 0.230. The van der Waals surface area contributed by atoms with E-state index in [4.69, 9.17) is 9.94 Å². The van der Waals surface area contributed by atoms with Gasteiger partial charge in [-0.15, -0.1) is 5.10 Å². The third-order valence-corrected chi connectivity index (χ3v) is 4.33. The van der Waals surface area contributed by atoms with Crippen molar-refractivity contribution in [3.8, 4) is 11.4 Å². The molecule has 0 aliphatic rings. The molecular formula is C17H17N5O2S. The summed E-state index contributed by atoms with van der Waals surface area (Å²) in [6.45, 7) is 2.27. The summed E-state index contributed by atoms with van der Waals surface area (Å²) in [4.78, 5) is 0. The molecule has 0 saturated carbocycles. The largest absolute Gasteiger partial charge is 0.493 e.